The van der Waals surface area contributed by atoms with Crippen LogP contribution in [0.5, 0.6) is 0 Å². The number of hydrogen-bond donors (Lipinski definition) is 1. The second-order valence-electron chi connectivity index (χ2n) is 5.89. The van der Waals surface area contributed by atoms with Gasteiger partial charge in [-0.05, 0) is 25.2 Å². The summed E-state index contributed by atoms with van der Waals surface area (Å²) in [7, 11) is -3.02. The Kier molecular flexibility index (Phi) is 5.22. The van der Waals surface area contributed by atoms with Crippen LogP contribution in [0.15, 0.2) is 0 Å². The van der Waals surface area contributed by atoms with Crippen molar-refractivity contribution in [1.82, 2.24) is 14.5 Å². The minimum absolute atomic E-state index is 0.496. The molecule has 2 saturated heterocycles. The van der Waals surface area contributed by atoms with Gasteiger partial charge in [-0.15, -0.1) is 0 Å². The van der Waals surface area contributed by atoms with Gasteiger partial charge in [-0.25, -0.2) is 12.7 Å². The maximum absolute atomic E-state index is 11.6. The van der Waals surface area contributed by atoms with Gasteiger partial charge in [0, 0.05) is 45.3 Å². The lowest BCUT2D eigenvalue weighted by Gasteiger charge is -2.40. The largest absolute Gasteiger partial charge is 0.314 e. The zero-order chi connectivity index (χ0) is 13.9. The number of rotatable bonds is 4. The normalized spacial score (nSPS) is 31.5. The number of piperidine rings is 1. The van der Waals surface area contributed by atoms with Crippen molar-refractivity contribution in [3.05, 3.63) is 0 Å². The van der Waals surface area contributed by atoms with Crippen molar-refractivity contribution in [3.8, 4) is 0 Å². The Hall–Kier alpha value is -0.170. The first-order valence-electron chi connectivity index (χ1n) is 7.40. The van der Waals surface area contributed by atoms with Crippen molar-refractivity contribution in [2.75, 3.05) is 45.5 Å². The second kappa shape index (κ2) is 6.52. The average Bonchev–Trinajstić information content (AvgIpc) is 2.39. The van der Waals surface area contributed by atoms with Crippen LogP contribution in [0.4, 0.5) is 0 Å². The Bertz CT molecular complexity index is 385. The molecule has 0 aromatic rings. The third-order valence-electron chi connectivity index (χ3n) is 4.39. The van der Waals surface area contributed by atoms with E-state index in [1.165, 1.54) is 6.26 Å². The van der Waals surface area contributed by atoms with E-state index in [2.05, 4.69) is 17.1 Å². The lowest BCUT2D eigenvalue weighted by atomic mass is 9.97. The number of sulfonamides is 1. The molecule has 2 atom stereocenters. The molecular weight excluding hydrogens is 262 g/mol. The highest BCUT2D eigenvalue weighted by Gasteiger charge is 2.29. The first kappa shape index (κ1) is 15.2. The quantitative estimate of drug-likeness (QED) is 0.811. The van der Waals surface area contributed by atoms with Crippen LogP contribution in [0, 0.1) is 5.92 Å². The molecule has 0 amide bonds. The van der Waals surface area contributed by atoms with Gasteiger partial charge < -0.3 is 5.32 Å². The van der Waals surface area contributed by atoms with Crippen LogP contribution < -0.4 is 5.32 Å². The van der Waals surface area contributed by atoms with Gasteiger partial charge in [0.15, 0.2) is 0 Å². The molecule has 0 spiro atoms. The SMILES string of the molecule is CCC1CNCCN1CC1CCCN(S(C)(=O)=O)C1. The molecular formula is C13H27N3O2S. The first-order chi connectivity index (χ1) is 9.00. The fraction of sp³-hybridized carbons (Fsp3) is 1.00. The molecule has 2 aliphatic heterocycles. The van der Waals surface area contributed by atoms with Crippen molar-refractivity contribution in [3.63, 3.8) is 0 Å². The fourth-order valence-electron chi connectivity index (χ4n) is 3.25. The Labute approximate surface area is 117 Å². The van der Waals surface area contributed by atoms with Crippen LogP contribution in [0.3, 0.4) is 0 Å². The molecule has 2 rings (SSSR count). The van der Waals surface area contributed by atoms with E-state index in [9.17, 15) is 8.42 Å². The van der Waals surface area contributed by atoms with Crippen LogP contribution in [-0.4, -0.2) is 69.2 Å². The van der Waals surface area contributed by atoms with Crippen LogP contribution >= 0.6 is 0 Å². The van der Waals surface area contributed by atoms with E-state index in [1.807, 2.05) is 0 Å². The molecule has 19 heavy (non-hydrogen) atoms. The van der Waals surface area contributed by atoms with Gasteiger partial charge >= 0.3 is 0 Å². The van der Waals surface area contributed by atoms with E-state index in [0.717, 1.165) is 45.4 Å². The summed E-state index contributed by atoms with van der Waals surface area (Å²) in [6.45, 7) is 7.90. The van der Waals surface area contributed by atoms with E-state index in [-0.39, 0.29) is 0 Å². The van der Waals surface area contributed by atoms with E-state index < -0.39 is 10.0 Å². The van der Waals surface area contributed by atoms with Gasteiger partial charge in [0.05, 0.1) is 6.26 Å². The standard InChI is InChI=1S/C13H27N3O2S/c1-3-13-9-14-6-8-15(13)10-12-5-4-7-16(11-12)19(2,17)18/h12-14H,3-11H2,1-2H3. The van der Waals surface area contributed by atoms with Crippen LogP contribution in [-0.2, 0) is 10.0 Å². The first-order valence-corrected chi connectivity index (χ1v) is 9.25. The van der Waals surface area contributed by atoms with Crippen LogP contribution in [0.2, 0.25) is 0 Å². The Morgan fingerprint density at radius 2 is 2.11 bits per heavy atom. The molecule has 5 nitrogen and oxygen atoms in total. The summed E-state index contributed by atoms with van der Waals surface area (Å²) in [5, 5.41) is 3.44. The van der Waals surface area contributed by atoms with Gasteiger partial charge in [-0.1, -0.05) is 6.92 Å². The highest BCUT2D eigenvalue weighted by atomic mass is 32.2. The second-order valence-corrected chi connectivity index (χ2v) is 7.87. The van der Waals surface area contributed by atoms with Gasteiger partial charge in [-0.2, -0.15) is 0 Å². The highest BCUT2D eigenvalue weighted by molar-refractivity contribution is 7.88. The molecule has 6 heteroatoms. The zero-order valence-electron chi connectivity index (χ0n) is 12.1. The van der Waals surface area contributed by atoms with Gasteiger partial charge in [-0.3, -0.25) is 4.90 Å². The summed E-state index contributed by atoms with van der Waals surface area (Å²) in [4.78, 5) is 2.55. The van der Waals surface area contributed by atoms with Crippen molar-refractivity contribution >= 4 is 10.0 Å². The molecule has 0 aromatic carbocycles. The summed E-state index contributed by atoms with van der Waals surface area (Å²) in [6.07, 6.45) is 4.65. The summed E-state index contributed by atoms with van der Waals surface area (Å²) in [5.74, 6) is 0.496. The maximum atomic E-state index is 11.6. The van der Waals surface area contributed by atoms with Crippen molar-refractivity contribution in [2.45, 2.75) is 32.2 Å². The lowest BCUT2D eigenvalue weighted by molar-refractivity contribution is 0.113. The Morgan fingerprint density at radius 3 is 2.79 bits per heavy atom. The van der Waals surface area contributed by atoms with Crippen molar-refractivity contribution < 1.29 is 8.42 Å². The predicted octanol–water partition coefficient (Wildman–Crippen LogP) is 0.342. The molecule has 0 aromatic heterocycles. The average molecular weight is 289 g/mol. The van der Waals surface area contributed by atoms with E-state index >= 15 is 0 Å². The number of nitrogens with one attached hydrogen (secondary N) is 1. The molecule has 0 bridgehead atoms. The van der Waals surface area contributed by atoms with E-state index in [0.29, 0.717) is 25.0 Å². The summed E-state index contributed by atoms with van der Waals surface area (Å²) < 4.78 is 25.0. The zero-order valence-corrected chi connectivity index (χ0v) is 13.0. The molecule has 0 aliphatic carbocycles. The molecule has 112 valence electrons. The molecule has 2 unspecified atom stereocenters. The monoisotopic (exact) mass is 289 g/mol. The third kappa shape index (κ3) is 4.15. The van der Waals surface area contributed by atoms with Crippen LogP contribution in [0.1, 0.15) is 26.2 Å². The third-order valence-corrected chi connectivity index (χ3v) is 5.66. The van der Waals surface area contributed by atoms with E-state index in [1.54, 1.807) is 4.31 Å². The molecule has 1 N–H and O–H groups in total. The molecule has 2 fully saturated rings. The number of nitrogens with zero attached hydrogens (tertiary/aromatic N) is 2. The van der Waals surface area contributed by atoms with E-state index in [4.69, 9.17) is 0 Å². The van der Waals surface area contributed by atoms with Gasteiger partial charge in [0.2, 0.25) is 10.0 Å². The lowest BCUT2D eigenvalue weighted by Crippen LogP contribution is -2.53. The Balaban J connectivity index is 1.91. The van der Waals surface area contributed by atoms with Crippen LogP contribution in [0.25, 0.3) is 0 Å². The smallest absolute Gasteiger partial charge is 0.211 e. The topological polar surface area (TPSA) is 52.6 Å². The number of hydrogen-bond acceptors (Lipinski definition) is 4. The molecule has 0 saturated carbocycles. The summed E-state index contributed by atoms with van der Waals surface area (Å²) >= 11 is 0. The van der Waals surface area contributed by atoms with Crippen molar-refractivity contribution in [1.29, 1.82) is 0 Å². The van der Waals surface area contributed by atoms with Gasteiger partial charge in [0.1, 0.15) is 0 Å². The highest BCUT2D eigenvalue weighted by Crippen LogP contribution is 2.21. The van der Waals surface area contributed by atoms with Crippen molar-refractivity contribution in [2.24, 2.45) is 5.92 Å². The molecule has 0 radical (unpaired) electrons. The fourth-order valence-corrected chi connectivity index (χ4v) is 4.20. The minimum atomic E-state index is -3.02. The Morgan fingerprint density at radius 1 is 1.32 bits per heavy atom. The summed E-state index contributed by atoms with van der Waals surface area (Å²) in [6, 6.07) is 0.613. The summed E-state index contributed by atoms with van der Waals surface area (Å²) in [5.41, 5.74) is 0. The van der Waals surface area contributed by atoms with Gasteiger partial charge in [0.25, 0.3) is 0 Å². The molecule has 2 heterocycles. The maximum Gasteiger partial charge on any atom is 0.211 e. The predicted molar refractivity (Wildman–Crippen MR) is 77.7 cm³/mol. The molecule has 2 aliphatic rings. The number of piperazine rings is 1. The minimum Gasteiger partial charge on any atom is -0.314 e.